The Kier molecular flexibility index (Phi) is 5.94. The molecule has 2 amide bonds. The van der Waals surface area contributed by atoms with E-state index in [2.05, 4.69) is 73.5 Å². The molecule has 0 aromatic heterocycles. The van der Waals surface area contributed by atoms with Crippen LogP contribution in [-0.4, -0.2) is 48.6 Å². The molecule has 0 saturated carbocycles. The minimum Gasteiger partial charge on any atom is -0.322 e. The Morgan fingerprint density at radius 1 is 0.962 bits per heavy atom. The average Bonchev–Trinajstić information content (AvgIpc) is 2.64. The van der Waals surface area contributed by atoms with Crippen molar-refractivity contribution in [1.82, 2.24) is 9.80 Å². The maximum atomic E-state index is 12.6. The predicted octanol–water partition coefficient (Wildman–Crippen LogP) is 4.00. The highest BCUT2D eigenvalue weighted by Crippen LogP contribution is 2.22. The quantitative estimate of drug-likeness (QED) is 0.903. The van der Waals surface area contributed by atoms with Gasteiger partial charge < -0.3 is 10.2 Å². The monoisotopic (exact) mass is 351 g/mol. The highest BCUT2D eigenvalue weighted by Gasteiger charge is 2.21. The lowest BCUT2D eigenvalue weighted by molar-refractivity contribution is 0.148. The van der Waals surface area contributed by atoms with Crippen LogP contribution in [0, 0.1) is 20.8 Å². The van der Waals surface area contributed by atoms with Crippen molar-refractivity contribution < 1.29 is 4.79 Å². The van der Waals surface area contributed by atoms with Crippen LogP contribution in [0.5, 0.6) is 0 Å². The topological polar surface area (TPSA) is 35.6 Å². The molecule has 0 aliphatic carbocycles. The van der Waals surface area contributed by atoms with E-state index in [-0.39, 0.29) is 6.03 Å². The van der Waals surface area contributed by atoms with Crippen LogP contribution in [0.1, 0.15) is 22.3 Å². The van der Waals surface area contributed by atoms with Gasteiger partial charge in [-0.15, -0.1) is 0 Å². The molecule has 138 valence electrons. The standard InChI is InChI=1S/C22H29N3O/c1-17-15-18(2)21(19(3)16-17)23-22(26)25-13-11-24(12-14-25)10-9-20-7-5-4-6-8-20/h4-8,15-16H,9-14H2,1-3H3,(H,23,26). The summed E-state index contributed by atoms with van der Waals surface area (Å²) in [5.74, 6) is 0. The molecule has 4 nitrogen and oxygen atoms in total. The summed E-state index contributed by atoms with van der Waals surface area (Å²) in [5.41, 5.74) is 5.80. The van der Waals surface area contributed by atoms with Crippen molar-refractivity contribution in [3.8, 4) is 0 Å². The largest absolute Gasteiger partial charge is 0.322 e. The number of benzene rings is 2. The van der Waals surface area contributed by atoms with Gasteiger partial charge >= 0.3 is 6.03 Å². The summed E-state index contributed by atoms with van der Waals surface area (Å²) in [4.78, 5) is 17.0. The number of piperazine rings is 1. The van der Waals surface area contributed by atoms with Crippen molar-refractivity contribution in [3.63, 3.8) is 0 Å². The summed E-state index contributed by atoms with van der Waals surface area (Å²) in [5, 5.41) is 3.12. The molecule has 3 rings (SSSR count). The van der Waals surface area contributed by atoms with E-state index in [0.29, 0.717) is 0 Å². The molecule has 0 spiro atoms. The van der Waals surface area contributed by atoms with Crippen molar-refractivity contribution in [3.05, 3.63) is 64.7 Å². The van der Waals surface area contributed by atoms with Gasteiger partial charge in [0, 0.05) is 38.4 Å². The first-order chi connectivity index (χ1) is 12.5. The van der Waals surface area contributed by atoms with Gasteiger partial charge in [-0.3, -0.25) is 4.90 Å². The summed E-state index contributed by atoms with van der Waals surface area (Å²) in [6.45, 7) is 10.7. The molecular weight excluding hydrogens is 322 g/mol. The van der Waals surface area contributed by atoms with E-state index in [4.69, 9.17) is 0 Å². The van der Waals surface area contributed by atoms with Crippen LogP contribution in [0.4, 0.5) is 10.5 Å². The molecule has 2 aromatic carbocycles. The Morgan fingerprint density at radius 2 is 1.58 bits per heavy atom. The Labute approximate surface area is 156 Å². The molecule has 0 atom stereocenters. The van der Waals surface area contributed by atoms with Gasteiger partial charge in [0.25, 0.3) is 0 Å². The number of nitrogens with one attached hydrogen (secondary N) is 1. The SMILES string of the molecule is Cc1cc(C)c(NC(=O)N2CCN(CCc3ccccc3)CC2)c(C)c1. The number of aryl methyl sites for hydroxylation is 3. The van der Waals surface area contributed by atoms with Crippen LogP contribution in [0.15, 0.2) is 42.5 Å². The molecular formula is C22H29N3O. The highest BCUT2D eigenvalue weighted by molar-refractivity contribution is 5.91. The fraction of sp³-hybridized carbons (Fsp3) is 0.409. The lowest BCUT2D eigenvalue weighted by Gasteiger charge is -2.35. The third-order valence-electron chi connectivity index (χ3n) is 5.13. The molecule has 1 aliphatic heterocycles. The zero-order valence-corrected chi connectivity index (χ0v) is 16.1. The lowest BCUT2D eigenvalue weighted by atomic mass is 10.1. The number of hydrogen-bond donors (Lipinski definition) is 1. The Morgan fingerprint density at radius 3 is 2.19 bits per heavy atom. The van der Waals surface area contributed by atoms with Crippen LogP contribution >= 0.6 is 0 Å². The number of amides is 2. The minimum atomic E-state index is 0.0164. The third-order valence-corrected chi connectivity index (χ3v) is 5.13. The van der Waals surface area contributed by atoms with Crippen molar-refractivity contribution in [1.29, 1.82) is 0 Å². The molecule has 0 bridgehead atoms. The van der Waals surface area contributed by atoms with Gasteiger partial charge in [0.2, 0.25) is 0 Å². The molecule has 0 unspecified atom stereocenters. The van der Waals surface area contributed by atoms with Gasteiger partial charge in [0.1, 0.15) is 0 Å². The second kappa shape index (κ2) is 8.37. The van der Waals surface area contributed by atoms with Crippen molar-refractivity contribution in [2.24, 2.45) is 0 Å². The van der Waals surface area contributed by atoms with E-state index in [1.807, 2.05) is 4.90 Å². The summed E-state index contributed by atoms with van der Waals surface area (Å²) in [7, 11) is 0. The van der Waals surface area contributed by atoms with Crippen molar-refractivity contribution in [2.45, 2.75) is 27.2 Å². The predicted molar refractivity (Wildman–Crippen MR) is 108 cm³/mol. The second-order valence-electron chi connectivity index (χ2n) is 7.27. The Hall–Kier alpha value is -2.33. The van der Waals surface area contributed by atoms with E-state index >= 15 is 0 Å². The van der Waals surface area contributed by atoms with Crippen molar-refractivity contribution in [2.75, 3.05) is 38.0 Å². The second-order valence-corrected chi connectivity index (χ2v) is 7.27. The molecule has 26 heavy (non-hydrogen) atoms. The van der Waals surface area contributed by atoms with Crippen LogP contribution in [0.3, 0.4) is 0 Å². The molecule has 1 fully saturated rings. The fourth-order valence-electron chi connectivity index (χ4n) is 3.67. The zero-order chi connectivity index (χ0) is 18.5. The number of nitrogens with zero attached hydrogens (tertiary/aromatic N) is 2. The summed E-state index contributed by atoms with van der Waals surface area (Å²) in [6.07, 6.45) is 1.06. The molecule has 1 saturated heterocycles. The molecule has 1 N–H and O–H groups in total. The molecule has 1 heterocycles. The highest BCUT2D eigenvalue weighted by atomic mass is 16.2. The Bertz CT molecular complexity index is 726. The number of anilines is 1. The fourth-order valence-corrected chi connectivity index (χ4v) is 3.67. The minimum absolute atomic E-state index is 0.0164. The van der Waals surface area contributed by atoms with Gasteiger partial charge in [0.05, 0.1) is 0 Å². The zero-order valence-electron chi connectivity index (χ0n) is 16.1. The lowest BCUT2D eigenvalue weighted by Crippen LogP contribution is -2.50. The first-order valence-corrected chi connectivity index (χ1v) is 9.43. The van der Waals surface area contributed by atoms with Gasteiger partial charge in [-0.25, -0.2) is 4.79 Å². The smallest absolute Gasteiger partial charge is 0.321 e. The van der Waals surface area contributed by atoms with Gasteiger partial charge in [-0.05, 0) is 43.9 Å². The maximum absolute atomic E-state index is 12.6. The van der Waals surface area contributed by atoms with Crippen molar-refractivity contribution >= 4 is 11.7 Å². The molecule has 2 aromatic rings. The number of rotatable bonds is 4. The van der Waals surface area contributed by atoms with Crippen LogP contribution in [0.2, 0.25) is 0 Å². The van der Waals surface area contributed by atoms with E-state index in [1.165, 1.54) is 11.1 Å². The first-order valence-electron chi connectivity index (χ1n) is 9.43. The molecule has 0 radical (unpaired) electrons. The van der Waals surface area contributed by atoms with Crippen LogP contribution in [-0.2, 0) is 6.42 Å². The maximum Gasteiger partial charge on any atom is 0.321 e. The van der Waals surface area contributed by atoms with Gasteiger partial charge in [-0.2, -0.15) is 0 Å². The first kappa shape index (κ1) is 18.5. The van der Waals surface area contributed by atoms with E-state index < -0.39 is 0 Å². The average molecular weight is 351 g/mol. The van der Waals surface area contributed by atoms with E-state index in [9.17, 15) is 4.79 Å². The molecule has 1 aliphatic rings. The van der Waals surface area contributed by atoms with Crippen LogP contribution < -0.4 is 5.32 Å². The molecule has 4 heteroatoms. The number of carbonyl (C=O) groups is 1. The summed E-state index contributed by atoms with van der Waals surface area (Å²) >= 11 is 0. The number of urea groups is 1. The third kappa shape index (κ3) is 4.64. The Balaban J connectivity index is 1.49. The normalized spacial score (nSPS) is 15.1. The van der Waals surface area contributed by atoms with E-state index in [0.717, 1.165) is 56.0 Å². The van der Waals surface area contributed by atoms with Gasteiger partial charge in [-0.1, -0.05) is 48.0 Å². The summed E-state index contributed by atoms with van der Waals surface area (Å²) in [6, 6.07) is 14.8. The van der Waals surface area contributed by atoms with E-state index in [1.54, 1.807) is 0 Å². The van der Waals surface area contributed by atoms with Crippen LogP contribution in [0.25, 0.3) is 0 Å². The number of hydrogen-bond acceptors (Lipinski definition) is 2. The summed E-state index contributed by atoms with van der Waals surface area (Å²) < 4.78 is 0. The van der Waals surface area contributed by atoms with Gasteiger partial charge in [0.15, 0.2) is 0 Å². The number of carbonyl (C=O) groups excluding carboxylic acids is 1.